The summed E-state index contributed by atoms with van der Waals surface area (Å²) in [6.07, 6.45) is 3.36. The van der Waals surface area contributed by atoms with E-state index in [9.17, 15) is 4.79 Å². The summed E-state index contributed by atoms with van der Waals surface area (Å²) < 4.78 is 4.89. The van der Waals surface area contributed by atoms with Crippen LogP contribution in [0.3, 0.4) is 0 Å². The van der Waals surface area contributed by atoms with Crippen LogP contribution in [0.15, 0.2) is 54.9 Å². The second kappa shape index (κ2) is 6.40. The Kier molecular flexibility index (Phi) is 3.93. The Labute approximate surface area is 149 Å². The van der Waals surface area contributed by atoms with Gasteiger partial charge in [0.25, 0.3) is 0 Å². The zero-order chi connectivity index (χ0) is 18.1. The quantitative estimate of drug-likeness (QED) is 0.572. The van der Waals surface area contributed by atoms with E-state index in [4.69, 9.17) is 4.74 Å². The normalized spacial score (nSPS) is 10.8. The molecule has 0 bridgehead atoms. The Balaban J connectivity index is 1.89. The SMILES string of the molecule is COC(=O)c1ccnc2ccc(-c3cn[nH]c3-c3cccc(C)n3)cc12. The summed E-state index contributed by atoms with van der Waals surface area (Å²) >= 11 is 0. The predicted octanol–water partition coefficient (Wildman–Crippen LogP) is 3.78. The lowest BCUT2D eigenvalue weighted by molar-refractivity contribution is 0.0603. The number of benzene rings is 1. The molecule has 0 amide bonds. The van der Waals surface area contributed by atoms with Crippen molar-refractivity contribution in [1.29, 1.82) is 0 Å². The average Bonchev–Trinajstić information content (AvgIpc) is 3.16. The first-order valence-corrected chi connectivity index (χ1v) is 8.12. The minimum atomic E-state index is -0.387. The first-order chi connectivity index (χ1) is 12.7. The number of rotatable bonds is 3. The fourth-order valence-electron chi connectivity index (χ4n) is 2.98. The smallest absolute Gasteiger partial charge is 0.338 e. The Hall–Kier alpha value is -3.54. The second-order valence-electron chi connectivity index (χ2n) is 5.90. The molecular weight excluding hydrogens is 328 g/mol. The molecule has 0 saturated heterocycles. The molecular formula is C20H16N4O2. The molecule has 0 atom stereocenters. The van der Waals surface area contributed by atoms with Gasteiger partial charge in [0.15, 0.2) is 0 Å². The third-order valence-electron chi connectivity index (χ3n) is 4.24. The number of hydrogen-bond acceptors (Lipinski definition) is 5. The fraction of sp³-hybridized carbons (Fsp3) is 0.100. The molecule has 26 heavy (non-hydrogen) atoms. The average molecular weight is 344 g/mol. The van der Waals surface area contributed by atoms with Gasteiger partial charge in [-0.3, -0.25) is 15.1 Å². The second-order valence-corrected chi connectivity index (χ2v) is 5.90. The Bertz CT molecular complexity index is 1120. The minimum absolute atomic E-state index is 0.387. The first-order valence-electron chi connectivity index (χ1n) is 8.12. The summed E-state index contributed by atoms with van der Waals surface area (Å²) in [6, 6.07) is 13.3. The molecule has 4 aromatic rings. The molecule has 6 heteroatoms. The van der Waals surface area contributed by atoms with Crippen LogP contribution in [0.5, 0.6) is 0 Å². The molecule has 128 valence electrons. The minimum Gasteiger partial charge on any atom is -0.465 e. The van der Waals surface area contributed by atoms with Crippen LogP contribution in [-0.4, -0.2) is 33.2 Å². The molecule has 4 rings (SSSR count). The van der Waals surface area contributed by atoms with E-state index in [2.05, 4.69) is 20.2 Å². The summed E-state index contributed by atoms with van der Waals surface area (Å²) in [5.41, 5.74) is 5.62. The number of pyridine rings is 2. The summed E-state index contributed by atoms with van der Waals surface area (Å²) in [5, 5.41) is 7.95. The van der Waals surface area contributed by atoms with Gasteiger partial charge in [0.1, 0.15) is 0 Å². The number of aromatic nitrogens is 4. The number of nitrogens with one attached hydrogen (secondary N) is 1. The van der Waals surface area contributed by atoms with Crippen LogP contribution in [0, 0.1) is 6.92 Å². The van der Waals surface area contributed by atoms with E-state index in [1.165, 1.54) is 7.11 Å². The lowest BCUT2D eigenvalue weighted by atomic mass is 10.00. The van der Waals surface area contributed by atoms with Gasteiger partial charge < -0.3 is 4.74 Å². The van der Waals surface area contributed by atoms with E-state index >= 15 is 0 Å². The predicted molar refractivity (Wildman–Crippen MR) is 98.6 cm³/mol. The lowest BCUT2D eigenvalue weighted by Crippen LogP contribution is -2.02. The number of fused-ring (bicyclic) bond motifs is 1. The van der Waals surface area contributed by atoms with Crippen LogP contribution in [-0.2, 0) is 4.74 Å². The molecule has 0 spiro atoms. The third-order valence-corrected chi connectivity index (χ3v) is 4.24. The molecule has 0 saturated carbocycles. The van der Waals surface area contributed by atoms with Crippen LogP contribution in [0.25, 0.3) is 33.4 Å². The molecule has 6 nitrogen and oxygen atoms in total. The number of esters is 1. The topological polar surface area (TPSA) is 80.8 Å². The van der Waals surface area contributed by atoms with Crippen LogP contribution < -0.4 is 0 Å². The number of hydrogen-bond donors (Lipinski definition) is 1. The number of ether oxygens (including phenoxy) is 1. The van der Waals surface area contributed by atoms with E-state index in [1.54, 1.807) is 18.5 Å². The van der Waals surface area contributed by atoms with Gasteiger partial charge in [0, 0.05) is 22.8 Å². The van der Waals surface area contributed by atoms with Gasteiger partial charge >= 0.3 is 5.97 Å². The zero-order valence-electron chi connectivity index (χ0n) is 14.4. The number of aryl methyl sites for hydroxylation is 1. The molecule has 1 N–H and O–H groups in total. The molecule has 0 aliphatic heterocycles. The molecule has 1 aromatic carbocycles. The highest BCUT2D eigenvalue weighted by Gasteiger charge is 2.15. The van der Waals surface area contributed by atoms with Crippen LogP contribution >= 0.6 is 0 Å². The maximum atomic E-state index is 12.1. The van der Waals surface area contributed by atoms with E-state index < -0.39 is 0 Å². The van der Waals surface area contributed by atoms with Crippen molar-refractivity contribution in [1.82, 2.24) is 20.2 Å². The van der Waals surface area contributed by atoms with Gasteiger partial charge in [0.2, 0.25) is 0 Å². The summed E-state index contributed by atoms with van der Waals surface area (Å²) in [4.78, 5) is 21.0. The van der Waals surface area contributed by atoms with Gasteiger partial charge in [-0.15, -0.1) is 0 Å². The van der Waals surface area contributed by atoms with E-state index in [0.29, 0.717) is 5.56 Å². The number of methoxy groups -OCH3 is 1. The van der Waals surface area contributed by atoms with Crippen molar-refractivity contribution in [3.8, 4) is 22.5 Å². The summed E-state index contributed by atoms with van der Waals surface area (Å²) in [7, 11) is 1.37. The Morgan fingerprint density at radius 2 is 2.04 bits per heavy atom. The van der Waals surface area contributed by atoms with E-state index in [1.807, 2.05) is 43.3 Å². The maximum absolute atomic E-state index is 12.1. The highest BCUT2D eigenvalue weighted by molar-refractivity contribution is 6.04. The third kappa shape index (κ3) is 2.71. The first kappa shape index (κ1) is 16.0. The number of nitrogens with zero attached hydrogens (tertiary/aromatic N) is 3. The van der Waals surface area contributed by atoms with Crippen LogP contribution in [0.4, 0.5) is 0 Å². The van der Waals surface area contributed by atoms with Crippen molar-refractivity contribution in [2.45, 2.75) is 6.92 Å². The molecule has 0 radical (unpaired) electrons. The van der Waals surface area contributed by atoms with E-state index in [-0.39, 0.29) is 5.97 Å². The fourth-order valence-corrected chi connectivity index (χ4v) is 2.98. The van der Waals surface area contributed by atoms with Crippen LogP contribution in [0.1, 0.15) is 16.1 Å². The van der Waals surface area contributed by atoms with Crippen LogP contribution in [0.2, 0.25) is 0 Å². The van der Waals surface area contributed by atoms with Gasteiger partial charge in [-0.05, 0) is 42.8 Å². The van der Waals surface area contributed by atoms with Gasteiger partial charge in [-0.2, -0.15) is 5.10 Å². The molecule has 0 aliphatic rings. The highest BCUT2D eigenvalue weighted by Crippen LogP contribution is 2.31. The number of carbonyl (C=O) groups is 1. The van der Waals surface area contributed by atoms with Crippen molar-refractivity contribution >= 4 is 16.9 Å². The number of H-pyrrole nitrogens is 1. The molecule has 3 heterocycles. The van der Waals surface area contributed by atoms with Crippen molar-refractivity contribution in [3.63, 3.8) is 0 Å². The number of carbonyl (C=O) groups excluding carboxylic acids is 1. The van der Waals surface area contributed by atoms with Gasteiger partial charge in [-0.25, -0.2) is 4.79 Å². The zero-order valence-corrected chi connectivity index (χ0v) is 14.4. The van der Waals surface area contributed by atoms with Crippen molar-refractivity contribution in [3.05, 3.63) is 66.1 Å². The van der Waals surface area contributed by atoms with Crippen molar-refractivity contribution in [2.24, 2.45) is 0 Å². The summed E-state index contributed by atoms with van der Waals surface area (Å²) in [6.45, 7) is 1.95. The van der Waals surface area contributed by atoms with Gasteiger partial charge in [0.05, 0.1) is 35.8 Å². The molecule has 0 fully saturated rings. The standard InChI is InChI=1S/C20H16N4O2/c1-12-4-3-5-18(23-12)19-16(11-22-24-19)13-6-7-17-15(10-13)14(8-9-21-17)20(25)26-2/h3-11H,1-2H3,(H,22,24). The van der Waals surface area contributed by atoms with Crippen molar-refractivity contribution in [2.75, 3.05) is 7.11 Å². The molecule has 3 aromatic heterocycles. The molecule has 0 unspecified atom stereocenters. The lowest BCUT2D eigenvalue weighted by Gasteiger charge is -2.08. The Morgan fingerprint density at radius 3 is 2.85 bits per heavy atom. The summed E-state index contributed by atoms with van der Waals surface area (Å²) in [5.74, 6) is -0.387. The van der Waals surface area contributed by atoms with Crippen molar-refractivity contribution < 1.29 is 9.53 Å². The molecule has 0 aliphatic carbocycles. The number of aromatic amines is 1. The maximum Gasteiger partial charge on any atom is 0.338 e. The van der Waals surface area contributed by atoms with E-state index in [0.717, 1.165) is 39.1 Å². The van der Waals surface area contributed by atoms with Gasteiger partial charge in [-0.1, -0.05) is 12.1 Å². The highest BCUT2D eigenvalue weighted by atomic mass is 16.5. The monoisotopic (exact) mass is 344 g/mol. The largest absolute Gasteiger partial charge is 0.465 e. The Morgan fingerprint density at radius 1 is 1.15 bits per heavy atom.